The minimum Gasteiger partial charge on any atom is -0.289 e. The molecule has 0 aliphatic heterocycles. The molecule has 0 amide bonds. The molecule has 202 valence electrons. The van der Waals surface area contributed by atoms with E-state index in [0.29, 0.717) is 30.8 Å². The fourth-order valence-electron chi connectivity index (χ4n) is 4.78. The van der Waals surface area contributed by atoms with Crippen molar-refractivity contribution >= 4 is 68.1 Å². The van der Waals surface area contributed by atoms with Crippen molar-refractivity contribution in [2.24, 2.45) is 0 Å². The van der Waals surface area contributed by atoms with E-state index in [0.717, 1.165) is 22.7 Å². The lowest BCUT2D eigenvalue weighted by Crippen LogP contribution is -2.14. The lowest BCUT2D eigenvalue weighted by Gasteiger charge is -2.12. The first-order chi connectivity index (χ1) is 20.5. The van der Waals surface area contributed by atoms with Gasteiger partial charge in [-0.2, -0.15) is 0 Å². The van der Waals surface area contributed by atoms with E-state index < -0.39 is 11.6 Å². The third kappa shape index (κ3) is 4.99. The van der Waals surface area contributed by atoms with E-state index in [1.54, 1.807) is 121 Å². The summed E-state index contributed by atoms with van der Waals surface area (Å²) in [6, 6.07) is 34.5. The number of fused-ring (bicyclic) bond motifs is 1. The Morgan fingerprint density at radius 1 is 0.429 bits per heavy atom. The van der Waals surface area contributed by atoms with Crippen LogP contribution in [0.4, 0.5) is 0 Å². The highest BCUT2D eigenvalue weighted by Gasteiger charge is 2.33. The van der Waals surface area contributed by atoms with Gasteiger partial charge < -0.3 is 0 Å². The van der Waals surface area contributed by atoms with Crippen molar-refractivity contribution in [2.45, 2.75) is 0 Å². The smallest absolute Gasteiger partial charge is 0.203 e. The Bertz CT molecular complexity index is 2040. The second-order valence-electron chi connectivity index (χ2n) is 9.38. The van der Waals surface area contributed by atoms with Crippen LogP contribution in [0.3, 0.4) is 0 Å². The van der Waals surface area contributed by atoms with Crippen molar-refractivity contribution in [1.29, 1.82) is 0 Å². The van der Waals surface area contributed by atoms with Crippen LogP contribution in [0.2, 0.25) is 0 Å². The van der Waals surface area contributed by atoms with E-state index >= 15 is 0 Å². The van der Waals surface area contributed by atoms with Crippen molar-refractivity contribution in [1.82, 2.24) is 0 Å². The minimum atomic E-state index is -0.426. The fraction of sp³-hybridized carbons (Fsp3) is 0. The van der Waals surface area contributed by atoms with Crippen molar-refractivity contribution in [3.8, 4) is 0 Å². The highest BCUT2D eigenvalue weighted by Crippen LogP contribution is 2.42. The van der Waals surface area contributed by atoms with Crippen LogP contribution in [0.1, 0.15) is 62.3 Å². The van der Waals surface area contributed by atoms with E-state index in [9.17, 15) is 19.2 Å². The van der Waals surface area contributed by atoms with E-state index in [4.69, 9.17) is 12.2 Å². The molecule has 2 heterocycles. The fourth-order valence-corrected chi connectivity index (χ4v) is 7.49. The number of rotatable bonds is 8. The molecular formula is C35H20O4S3. The molecule has 0 aliphatic rings. The predicted octanol–water partition coefficient (Wildman–Crippen LogP) is 8.62. The number of benzene rings is 4. The second kappa shape index (κ2) is 11.7. The topological polar surface area (TPSA) is 68.3 Å². The summed E-state index contributed by atoms with van der Waals surface area (Å²) in [7, 11) is 0. The van der Waals surface area contributed by atoms with Crippen LogP contribution in [0.25, 0.3) is 10.1 Å². The summed E-state index contributed by atoms with van der Waals surface area (Å²) in [5.41, 5.74) is 1.65. The summed E-state index contributed by atoms with van der Waals surface area (Å²) in [4.78, 5) is 56.8. The maximum atomic E-state index is 14.3. The van der Waals surface area contributed by atoms with Gasteiger partial charge in [0.05, 0.1) is 25.6 Å². The highest BCUT2D eigenvalue weighted by molar-refractivity contribution is 7.74. The second-order valence-corrected chi connectivity index (χ2v) is 12.1. The van der Waals surface area contributed by atoms with Crippen LogP contribution in [0.15, 0.2) is 121 Å². The average Bonchev–Trinajstić information content (AvgIpc) is 3.46. The van der Waals surface area contributed by atoms with Crippen LogP contribution in [0.5, 0.6) is 0 Å². The van der Waals surface area contributed by atoms with Gasteiger partial charge in [-0.05, 0) is 0 Å². The van der Waals surface area contributed by atoms with Gasteiger partial charge >= 0.3 is 0 Å². The summed E-state index contributed by atoms with van der Waals surface area (Å²) in [6.07, 6.45) is 0. The van der Waals surface area contributed by atoms with Gasteiger partial charge in [0, 0.05) is 27.6 Å². The molecular weight excluding hydrogens is 581 g/mol. The van der Waals surface area contributed by atoms with Crippen LogP contribution in [-0.4, -0.2) is 23.1 Å². The molecule has 0 spiro atoms. The molecule has 4 aromatic carbocycles. The lowest BCUT2D eigenvalue weighted by molar-refractivity contribution is 0.100. The molecule has 0 unspecified atom stereocenters. The number of ketones is 4. The van der Waals surface area contributed by atoms with Gasteiger partial charge in [0.1, 0.15) is 3.82 Å². The Hall–Kier alpha value is -4.69. The molecule has 4 nitrogen and oxygen atoms in total. The Morgan fingerprint density at radius 3 is 1.10 bits per heavy atom. The molecule has 0 saturated heterocycles. The molecule has 0 N–H and O–H groups in total. The van der Waals surface area contributed by atoms with Crippen molar-refractivity contribution < 1.29 is 19.2 Å². The third-order valence-corrected chi connectivity index (χ3v) is 9.68. The Labute approximate surface area is 254 Å². The quantitative estimate of drug-likeness (QED) is 0.129. The van der Waals surface area contributed by atoms with Crippen LogP contribution < -0.4 is 0 Å². The van der Waals surface area contributed by atoms with Gasteiger partial charge in [0.25, 0.3) is 0 Å². The summed E-state index contributed by atoms with van der Waals surface area (Å²) in [6.45, 7) is 0. The van der Waals surface area contributed by atoms with Gasteiger partial charge in [0.15, 0.2) is 11.6 Å². The molecule has 2 aromatic heterocycles. The monoisotopic (exact) mass is 600 g/mol. The first-order valence-electron chi connectivity index (χ1n) is 13.0. The summed E-state index contributed by atoms with van der Waals surface area (Å²) >= 11 is 7.92. The molecule has 0 bridgehead atoms. The van der Waals surface area contributed by atoms with E-state index in [2.05, 4.69) is 0 Å². The standard InChI is InChI=1S/C35H20O4S3/c36-28(21-13-5-1-6-14-21)26-25-27(29(37)22-15-7-2-8-16-22)33(31(39)24-19-11-4-12-20-24)42-35(40)34(25)41-32(26)30(38)23-17-9-3-10-18-23/h1-20H. The van der Waals surface area contributed by atoms with E-state index in [1.807, 2.05) is 0 Å². The minimum absolute atomic E-state index is 0.0753. The van der Waals surface area contributed by atoms with Crippen molar-refractivity contribution in [3.05, 3.63) is 168 Å². The zero-order valence-electron chi connectivity index (χ0n) is 21.9. The average molecular weight is 601 g/mol. The summed E-state index contributed by atoms with van der Waals surface area (Å²) in [5.74, 6) is -1.59. The normalized spacial score (nSPS) is 10.9. The van der Waals surface area contributed by atoms with Gasteiger partial charge in [-0.25, -0.2) is 0 Å². The summed E-state index contributed by atoms with van der Waals surface area (Å²) in [5, 5.41) is 0.241. The number of carbonyl (C=O) groups excluding carboxylic acids is 4. The van der Waals surface area contributed by atoms with Crippen molar-refractivity contribution in [3.63, 3.8) is 0 Å². The molecule has 0 atom stereocenters. The van der Waals surface area contributed by atoms with E-state index in [-0.39, 0.29) is 37.8 Å². The molecule has 0 aliphatic carbocycles. The third-order valence-electron chi connectivity index (χ3n) is 6.78. The van der Waals surface area contributed by atoms with Crippen LogP contribution in [-0.2, 0) is 0 Å². The molecule has 0 saturated carbocycles. The Kier molecular flexibility index (Phi) is 7.63. The Morgan fingerprint density at radius 2 is 0.738 bits per heavy atom. The number of thiophene rings is 1. The predicted molar refractivity (Wildman–Crippen MR) is 170 cm³/mol. The number of hydrogen-bond acceptors (Lipinski definition) is 7. The van der Waals surface area contributed by atoms with Gasteiger partial charge in [0.2, 0.25) is 11.6 Å². The zero-order chi connectivity index (χ0) is 29.2. The largest absolute Gasteiger partial charge is 0.289 e. The van der Waals surface area contributed by atoms with Crippen LogP contribution >= 0.6 is 34.9 Å². The number of carbonyl (C=O) groups is 4. The maximum absolute atomic E-state index is 14.3. The summed E-state index contributed by atoms with van der Waals surface area (Å²) < 4.78 is 0.783. The maximum Gasteiger partial charge on any atom is 0.203 e. The first-order valence-corrected chi connectivity index (χ1v) is 15.0. The molecule has 7 heteroatoms. The molecule has 0 fully saturated rings. The SMILES string of the molecule is O=C(c1ccccc1)c1sc(=S)c2sc(C(=O)c3ccccc3)c(C(=O)c3ccccc3)c2c1C(=O)c1ccccc1. The van der Waals surface area contributed by atoms with Crippen LogP contribution in [0, 0.1) is 3.82 Å². The zero-order valence-corrected chi connectivity index (χ0v) is 24.4. The molecule has 6 rings (SSSR count). The lowest BCUT2D eigenvalue weighted by atomic mass is 9.91. The molecule has 42 heavy (non-hydrogen) atoms. The molecule has 6 aromatic rings. The van der Waals surface area contributed by atoms with E-state index in [1.165, 1.54) is 0 Å². The Balaban J connectivity index is 1.74. The first kappa shape index (κ1) is 27.5. The highest BCUT2D eigenvalue weighted by atomic mass is 32.1. The van der Waals surface area contributed by atoms with Gasteiger partial charge in [-0.1, -0.05) is 134 Å². The van der Waals surface area contributed by atoms with Gasteiger partial charge in [-0.15, -0.1) is 22.7 Å². The molecule has 0 radical (unpaired) electrons. The van der Waals surface area contributed by atoms with Crippen molar-refractivity contribution in [2.75, 3.05) is 0 Å². The van der Waals surface area contributed by atoms with Gasteiger partial charge in [-0.3, -0.25) is 19.2 Å². The number of hydrogen-bond donors (Lipinski definition) is 0.